The van der Waals surface area contributed by atoms with Crippen LogP contribution in [-0.2, 0) is 28.5 Å². The molecular formula is C49H82O10. The van der Waals surface area contributed by atoms with E-state index in [2.05, 4.69) is 86.8 Å². The van der Waals surface area contributed by atoms with Gasteiger partial charge in [0.15, 0.2) is 12.4 Å². The van der Waals surface area contributed by atoms with Gasteiger partial charge in [0.25, 0.3) is 0 Å². The van der Waals surface area contributed by atoms with Gasteiger partial charge in [0.1, 0.15) is 31.0 Å². The molecule has 10 heteroatoms. The molecule has 1 aliphatic heterocycles. The van der Waals surface area contributed by atoms with Crippen LogP contribution in [-0.4, -0.2) is 89.0 Å². The second-order valence-electron chi connectivity index (χ2n) is 15.5. The molecule has 59 heavy (non-hydrogen) atoms. The van der Waals surface area contributed by atoms with E-state index in [-0.39, 0.29) is 26.1 Å². The summed E-state index contributed by atoms with van der Waals surface area (Å²) in [6, 6.07) is 0. The molecule has 0 bridgehead atoms. The van der Waals surface area contributed by atoms with Crippen molar-refractivity contribution in [1.82, 2.24) is 0 Å². The van der Waals surface area contributed by atoms with Crippen LogP contribution in [0.5, 0.6) is 0 Å². The summed E-state index contributed by atoms with van der Waals surface area (Å²) >= 11 is 0. The summed E-state index contributed by atoms with van der Waals surface area (Å²) in [5.74, 6) is -0.866. The van der Waals surface area contributed by atoms with Crippen molar-refractivity contribution in [2.75, 3.05) is 19.8 Å². The molecular weight excluding hydrogens is 749 g/mol. The zero-order valence-corrected chi connectivity index (χ0v) is 36.7. The Balaban J connectivity index is 2.37. The molecule has 1 fully saturated rings. The van der Waals surface area contributed by atoms with E-state index in [1.54, 1.807) is 0 Å². The first-order valence-corrected chi connectivity index (χ1v) is 23.0. The number of aliphatic hydroxyl groups is 4. The van der Waals surface area contributed by atoms with E-state index in [1.165, 1.54) is 51.4 Å². The molecule has 1 heterocycles. The summed E-state index contributed by atoms with van der Waals surface area (Å²) in [6.45, 7) is 3.31. The van der Waals surface area contributed by atoms with Crippen LogP contribution in [0.4, 0.5) is 0 Å². The highest BCUT2D eigenvalue weighted by atomic mass is 16.7. The molecule has 6 atom stereocenters. The number of hydrogen-bond donors (Lipinski definition) is 4. The van der Waals surface area contributed by atoms with Crippen molar-refractivity contribution in [2.24, 2.45) is 0 Å². The van der Waals surface area contributed by atoms with Crippen LogP contribution in [0.15, 0.2) is 72.9 Å². The summed E-state index contributed by atoms with van der Waals surface area (Å²) in [5, 5.41) is 40.1. The Bertz CT molecular complexity index is 1190. The van der Waals surface area contributed by atoms with Crippen molar-refractivity contribution in [3.8, 4) is 0 Å². The summed E-state index contributed by atoms with van der Waals surface area (Å²) in [6.07, 6.45) is 41.8. The van der Waals surface area contributed by atoms with Crippen LogP contribution < -0.4 is 0 Å². The molecule has 10 nitrogen and oxygen atoms in total. The molecule has 0 saturated carbocycles. The van der Waals surface area contributed by atoms with Crippen LogP contribution in [0.3, 0.4) is 0 Å². The molecule has 0 amide bonds. The fourth-order valence-electron chi connectivity index (χ4n) is 6.40. The number of esters is 2. The predicted octanol–water partition coefficient (Wildman–Crippen LogP) is 10.00. The van der Waals surface area contributed by atoms with Crippen molar-refractivity contribution in [2.45, 2.75) is 205 Å². The molecule has 4 N–H and O–H groups in total. The molecule has 2 unspecified atom stereocenters. The van der Waals surface area contributed by atoms with Crippen molar-refractivity contribution >= 4 is 11.9 Å². The molecule has 0 aromatic heterocycles. The van der Waals surface area contributed by atoms with Gasteiger partial charge in [-0.15, -0.1) is 0 Å². The van der Waals surface area contributed by atoms with Gasteiger partial charge >= 0.3 is 11.9 Å². The number of hydrogen-bond acceptors (Lipinski definition) is 10. The summed E-state index contributed by atoms with van der Waals surface area (Å²) in [7, 11) is 0. The SMILES string of the molecule is CCCCC/C=C/C/C=C/C/C=C/C/C=C/CCCCCC(=O)O[C@H](COC(=O)CCCCCCC/C=C/C=C/CCCCCC)CO[C@@H]1O[C@H](CO)[C@H](O)C(O)C1O. The Morgan fingerprint density at radius 2 is 1.00 bits per heavy atom. The molecule has 0 aromatic carbocycles. The normalized spacial score (nSPS) is 20.7. The zero-order valence-electron chi connectivity index (χ0n) is 36.7. The van der Waals surface area contributed by atoms with Gasteiger partial charge < -0.3 is 39.4 Å². The maximum Gasteiger partial charge on any atom is 0.306 e. The van der Waals surface area contributed by atoms with Gasteiger partial charge in [-0.25, -0.2) is 0 Å². The lowest BCUT2D eigenvalue weighted by Gasteiger charge is -2.39. The average Bonchev–Trinajstić information content (AvgIpc) is 3.23. The minimum absolute atomic E-state index is 0.185. The maximum absolute atomic E-state index is 12.8. The highest BCUT2D eigenvalue weighted by molar-refractivity contribution is 5.70. The van der Waals surface area contributed by atoms with Gasteiger partial charge in [0.2, 0.25) is 0 Å². The molecule has 0 radical (unpaired) electrons. The topological polar surface area (TPSA) is 152 Å². The lowest BCUT2D eigenvalue weighted by atomic mass is 9.99. The van der Waals surface area contributed by atoms with Gasteiger partial charge in [-0.3, -0.25) is 9.59 Å². The van der Waals surface area contributed by atoms with E-state index in [0.29, 0.717) is 12.8 Å². The van der Waals surface area contributed by atoms with Gasteiger partial charge in [-0.05, 0) is 83.5 Å². The number of allylic oxidation sites excluding steroid dienone is 12. The lowest BCUT2D eigenvalue weighted by Crippen LogP contribution is -2.59. The minimum Gasteiger partial charge on any atom is -0.462 e. The first-order valence-electron chi connectivity index (χ1n) is 23.0. The second-order valence-corrected chi connectivity index (χ2v) is 15.5. The molecule has 338 valence electrons. The third-order valence-electron chi connectivity index (χ3n) is 10.1. The number of unbranched alkanes of at least 4 members (excludes halogenated alkanes) is 15. The van der Waals surface area contributed by atoms with Crippen LogP contribution >= 0.6 is 0 Å². The standard InChI is InChI=1S/C49H82O10/c1-3-5-7-9-11-13-15-17-19-20-21-22-24-26-28-30-32-34-36-38-45(52)58-42(41-57-49-48(55)47(54)46(53)43(39-50)59-49)40-56-44(51)37-35-33-31-29-27-25-23-18-16-14-12-10-8-6-4-2/h11,13-14,16-19,21-23,26,28,42-43,46-50,53-55H,3-10,12,15,20,24-25,27,29-41H2,1-2H3/b13-11+,16-14+,19-17+,22-21+,23-18+,28-26+/t42-,43-,46+,47?,48?,49-/m1/s1. The number of rotatable bonds is 37. The summed E-state index contributed by atoms with van der Waals surface area (Å²) < 4.78 is 22.1. The first kappa shape index (κ1) is 54.2. The van der Waals surface area contributed by atoms with Crippen molar-refractivity contribution in [1.29, 1.82) is 0 Å². The number of ether oxygens (including phenoxy) is 4. The summed E-state index contributed by atoms with van der Waals surface area (Å²) in [4.78, 5) is 25.3. The van der Waals surface area contributed by atoms with E-state index in [4.69, 9.17) is 18.9 Å². The molecule has 0 aromatic rings. The van der Waals surface area contributed by atoms with Crippen LogP contribution in [0, 0.1) is 0 Å². The highest BCUT2D eigenvalue weighted by Crippen LogP contribution is 2.22. The molecule has 0 aliphatic carbocycles. The zero-order chi connectivity index (χ0) is 43.0. The van der Waals surface area contributed by atoms with E-state index in [9.17, 15) is 30.0 Å². The van der Waals surface area contributed by atoms with E-state index >= 15 is 0 Å². The lowest BCUT2D eigenvalue weighted by molar-refractivity contribution is -0.305. The Kier molecular flexibility index (Phi) is 36.1. The molecule has 1 aliphatic rings. The van der Waals surface area contributed by atoms with E-state index in [0.717, 1.165) is 77.0 Å². The first-order chi connectivity index (χ1) is 28.8. The molecule has 1 rings (SSSR count). The van der Waals surface area contributed by atoms with Crippen molar-refractivity contribution in [3.63, 3.8) is 0 Å². The third kappa shape index (κ3) is 30.8. The number of carbonyl (C=O) groups excluding carboxylic acids is 2. The largest absolute Gasteiger partial charge is 0.462 e. The maximum atomic E-state index is 12.8. The van der Waals surface area contributed by atoms with Crippen molar-refractivity contribution < 1.29 is 49.0 Å². The average molecular weight is 831 g/mol. The molecule has 0 spiro atoms. The third-order valence-corrected chi connectivity index (χ3v) is 10.1. The van der Waals surface area contributed by atoms with Gasteiger partial charge in [-0.2, -0.15) is 0 Å². The quantitative estimate of drug-likeness (QED) is 0.0206. The van der Waals surface area contributed by atoms with Gasteiger partial charge in [0.05, 0.1) is 13.2 Å². The Morgan fingerprint density at radius 3 is 1.58 bits per heavy atom. The number of carbonyl (C=O) groups is 2. The fourth-order valence-corrected chi connectivity index (χ4v) is 6.40. The van der Waals surface area contributed by atoms with Gasteiger partial charge in [-0.1, -0.05) is 145 Å². The Morgan fingerprint density at radius 1 is 0.542 bits per heavy atom. The fraction of sp³-hybridized carbons (Fsp3) is 0.714. The van der Waals surface area contributed by atoms with Crippen LogP contribution in [0.1, 0.15) is 168 Å². The minimum atomic E-state index is -1.61. The monoisotopic (exact) mass is 831 g/mol. The molecule has 1 saturated heterocycles. The Labute approximate surface area is 357 Å². The highest BCUT2D eigenvalue weighted by Gasteiger charge is 2.44. The van der Waals surface area contributed by atoms with E-state index in [1.807, 2.05) is 0 Å². The van der Waals surface area contributed by atoms with Gasteiger partial charge in [0, 0.05) is 12.8 Å². The van der Waals surface area contributed by atoms with E-state index < -0.39 is 55.4 Å². The van der Waals surface area contributed by atoms with Crippen LogP contribution in [0.2, 0.25) is 0 Å². The number of aliphatic hydroxyl groups excluding tert-OH is 4. The Hall–Kier alpha value is -2.86. The smallest absolute Gasteiger partial charge is 0.306 e. The second kappa shape index (κ2) is 39.3. The predicted molar refractivity (Wildman–Crippen MR) is 238 cm³/mol. The van der Waals surface area contributed by atoms with Crippen LogP contribution in [0.25, 0.3) is 0 Å². The van der Waals surface area contributed by atoms with Crippen molar-refractivity contribution in [3.05, 3.63) is 72.9 Å². The summed E-state index contributed by atoms with van der Waals surface area (Å²) in [5.41, 5.74) is 0.